The van der Waals surface area contributed by atoms with Gasteiger partial charge in [-0.1, -0.05) is 46.9 Å². The second kappa shape index (κ2) is 9.90. The highest BCUT2D eigenvalue weighted by molar-refractivity contribution is 6.42. The molecule has 0 unspecified atom stereocenters. The van der Waals surface area contributed by atoms with E-state index in [-0.39, 0.29) is 11.9 Å². The number of halogens is 3. The number of benzene rings is 2. The number of piperazine rings is 1. The monoisotopic (exact) mass is 456 g/mol. The van der Waals surface area contributed by atoms with Crippen molar-refractivity contribution in [2.24, 2.45) is 0 Å². The zero-order chi connectivity index (χ0) is 21.0. The summed E-state index contributed by atoms with van der Waals surface area (Å²) in [7, 11) is 0. The van der Waals surface area contributed by atoms with Gasteiger partial charge >= 0.3 is 0 Å². The molecule has 1 atom stereocenters. The number of anilines is 2. The number of quaternary nitrogens is 1. The number of rotatable bonds is 6. The van der Waals surface area contributed by atoms with Gasteiger partial charge in [0.1, 0.15) is 5.75 Å². The average Bonchev–Trinajstić information content (AvgIpc) is 2.71. The summed E-state index contributed by atoms with van der Waals surface area (Å²) in [6.45, 7) is 7.92. The number of hydrogen-bond acceptors (Lipinski definition) is 3. The van der Waals surface area contributed by atoms with Crippen LogP contribution in [0.25, 0.3) is 0 Å². The molecule has 0 radical (unpaired) electrons. The molecule has 2 aromatic rings. The molecule has 1 fully saturated rings. The number of nitrogens with one attached hydrogen (secondary N) is 2. The fourth-order valence-corrected chi connectivity index (χ4v) is 4.45. The van der Waals surface area contributed by atoms with Gasteiger partial charge in [0.05, 0.1) is 54.2 Å². The minimum atomic E-state index is -0.234. The molecule has 29 heavy (non-hydrogen) atoms. The Morgan fingerprint density at radius 3 is 2.41 bits per heavy atom. The highest BCUT2D eigenvalue weighted by Crippen LogP contribution is 2.33. The summed E-state index contributed by atoms with van der Waals surface area (Å²) in [4.78, 5) is 16.3. The van der Waals surface area contributed by atoms with Crippen molar-refractivity contribution in [3.63, 3.8) is 0 Å². The van der Waals surface area contributed by atoms with Crippen molar-refractivity contribution in [1.82, 2.24) is 0 Å². The Morgan fingerprint density at radius 1 is 1.17 bits per heavy atom. The largest absolute Gasteiger partial charge is 0.492 e. The standard InChI is InChI=1S/C21H24Cl3N3O2/c1-3-29-19-7-5-4-6-18(19)27-10-8-26(9-11-27)14(2)21(28)25-20-16(23)12-15(22)13-17(20)24/h4-7,12-14H,3,8-11H2,1-2H3,(H,25,28)/p+1/t14-/m1/s1. The predicted octanol–water partition coefficient (Wildman–Crippen LogP) is 3.78. The van der Waals surface area contributed by atoms with Crippen LogP contribution in [0.5, 0.6) is 5.75 Å². The summed E-state index contributed by atoms with van der Waals surface area (Å²) in [5, 5.41) is 3.94. The van der Waals surface area contributed by atoms with Crippen molar-refractivity contribution in [3.05, 3.63) is 51.5 Å². The Balaban J connectivity index is 1.62. The molecular weight excluding hydrogens is 433 g/mol. The second-order valence-electron chi connectivity index (χ2n) is 7.00. The van der Waals surface area contributed by atoms with E-state index in [1.54, 1.807) is 12.1 Å². The number of amides is 1. The van der Waals surface area contributed by atoms with Crippen molar-refractivity contribution < 1.29 is 14.4 Å². The summed E-state index contributed by atoms with van der Waals surface area (Å²) in [6, 6.07) is 11.0. The van der Waals surface area contributed by atoms with Gasteiger partial charge in [0.15, 0.2) is 6.04 Å². The normalized spacial score (nSPS) is 15.8. The van der Waals surface area contributed by atoms with Crippen molar-refractivity contribution in [3.8, 4) is 5.75 Å². The first-order valence-electron chi connectivity index (χ1n) is 9.67. The molecule has 0 bridgehead atoms. The van der Waals surface area contributed by atoms with Gasteiger partial charge in [0, 0.05) is 5.02 Å². The molecule has 5 nitrogen and oxygen atoms in total. The molecular formula is C21H25Cl3N3O2+. The molecule has 1 saturated heterocycles. The third-order valence-corrected chi connectivity index (χ3v) is 5.99. The van der Waals surface area contributed by atoms with Crippen LogP contribution >= 0.6 is 34.8 Å². The van der Waals surface area contributed by atoms with E-state index in [9.17, 15) is 4.79 Å². The molecule has 0 saturated carbocycles. The highest BCUT2D eigenvalue weighted by atomic mass is 35.5. The van der Waals surface area contributed by atoms with Crippen LogP contribution in [0.3, 0.4) is 0 Å². The number of carbonyl (C=O) groups is 1. The van der Waals surface area contributed by atoms with Gasteiger partial charge in [0.2, 0.25) is 0 Å². The maximum Gasteiger partial charge on any atom is 0.282 e. The molecule has 8 heteroatoms. The number of carbonyl (C=O) groups excluding carboxylic acids is 1. The minimum Gasteiger partial charge on any atom is -0.492 e. The molecule has 2 aromatic carbocycles. The summed E-state index contributed by atoms with van der Waals surface area (Å²) < 4.78 is 5.75. The predicted molar refractivity (Wildman–Crippen MR) is 120 cm³/mol. The molecule has 156 valence electrons. The number of para-hydroxylation sites is 2. The molecule has 0 aromatic heterocycles. The van der Waals surface area contributed by atoms with E-state index in [1.165, 1.54) is 4.90 Å². The van der Waals surface area contributed by atoms with Gasteiger partial charge in [-0.15, -0.1) is 0 Å². The highest BCUT2D eigenvalue weighted by Gasteiger charge is 2.30. The van der Waals surface area contributed by atoms with Gasteiger partial charge in [-0.25, -0.2) is 0 Å². The zero-order valence-electron chi connectivity index (χ0n) is 16.5. The first kappa shape index (κ1) is 22.0. The molecule has 1 aliphatic rings. The van der Waals surface area contributed by atoms with Crippen molar-refractivity contribution in [2.45, 2.75) is 19.9 Å². The number of nitrogens with zero attached hydrogens (tertiary/aromatic N) is 1. The van der Waals surface area contributed by atoms with E-state index >= 15 is 0 Å². The topological polar surface area (TPSA) is 46.0 Å². The van der Waals surface area contributed by atoms with Crippen molar-refractivity contribution in [1.29, 1.82) is 0 Å². The lowest BCUT2D eigenvalue weighted by Crippen LogP contribution is -3.19. The maximum absolute atomic E-state index is 12.8. The second-order valence-corrected chi connectivity index (χ2v) is 8.25. The first-order valence-corrected chi connectivity index (χ1v) is 10.8. The lowest BCUT2D eigenvalue weighted by Gasteiger charge is -2.36. The van der Waals surface area contributed by atoms with Gasteiger partial charge in [-0.2, -0.15) is 0 Å². The van der Waals surface area contributed by atoms with Crippen LogP contribution in [0, 0.1) is 0 Å². The van der Waals surface area contributed by atoms with E-state index < -0.39 is 0 Å². The Labute approximate surface area is 186 Å². The lowest BCUT2D eigenvalue weighted by molar-refractivity contribution is -0.914. The van der Waals surface area contributed by atoms with Gasteiger partial charge in [-0.3, -0.25) is 4.79 Å². The molecule has 1 aliphatic heterocycles. The minimum absolute atomic E-state index is 0.116. The van der Waals surface area contributed by atoms with Gasteiger partial charge < -0.3 is 19.9 Å². The third-order valence-electron chi connectivity index (χ3n) is 5.17. The Bertz CT molecular complexity index is 847. The van der Waals surface area contributed by atoms with Crippen LogP contribution in [0.2, 0.25) is 15.1 Å². The Hall–Kier alpha value is -1.66. The molecule has 3 rings (SSSR count). The summed E-state index contributed by atoms with van der Waals surface area (Å²) in [5.74, 6) is 0.783. The number of ether oxygens (including phenoxy) is 1. The lowest BCUT2D eigenvalue weighted by atomic mass is 10.2. The number of hydrogen-bond donors (Lipinski definition) is 2. The Morgan fingerprint density at radius 2 is 1.79 bits per heavy atom. The fourth-order valence-electron chi connectivity index (χ4n) is 3.54. The van der Waals surface area contributed by atoms with E-state index in [0.29, 0.717) is 27.4 Å². The van der Waals surface area contributed by atoms with Crippen molar-refractivity contribution >= 4 is 52.1 Å². The van der Waals surface area contributed by atoms with E-state index in [4.69, 9.17) is 39.5 Å². The van der Waals surface area contributed by atoms with Crippen LogP contribution in [-0.2, 0) is 4.79 Å². The molecule has 1 heterocycles. The molecule has 2 N–H and O–H groups in total. The first-order chi connectivity index (χ1) is 13.9. The molecule has 1 amide bonds. The average molecular weight is 458 g/mol. The quantitative estimate of drug-likeness (QED) is 0.694. The molecule has 0 aliphatic carbocycles. The SMILES string of the molecule is CCOc1ccccc1N1CC[NH+]([C@H](C)C(=O)Nc2c(Cl)cc(Cl)cc2Cl)CC1. The van der Waals surface area contributed by atoms with Crippen LogP contribution < -0.4 is 19.9 Å². The van der Waals surface area contributed by atoms with E-state index in [0.717, 1.165) is 37.6 Å². The van der Waals surface area contributed by atoms with E-state index in [1.807, 2.05) is 32.0 Å². The summed E-state index contributed by atoms with van der Waals surface area (Å²) in [5.41, 5.74) is 1.50. The smallest absolute Gasteiger partial charge is 0.282 e. The van der Waals surface area contributed by atoms with Crippen LogP contribution in [0.15, 0.2) is 36.4 Å². The van der Waals surface area contributed by atoms with Gasteiger partial charge in [0.25, 0.3) is 5.91 Å². The third kappa shape index (κ3) is 5.28. The summed E-state index contributed by atoms with van der Waals surface area (Å²) >= 11 is 18.3. The van der Waals surface area contributed by atoms with Crippen LogP contribution in [0.4, 0.5) is 11.4 Å². The zero-order valence-corrected chi connectivity index (χ0v) is 18.7. The van der Waals surface area contributed by atoms with Gasteiger partial charge in [-0.05, 0) is 38.1 Å². The fraction of sp³-hybridized carbons (Fsp3) is 0.381. The van der Waals surface area contributed by atoms with Crippen LogP contribution in [0.1, 0.15) is 13.8 Å². The maximum atomic E-state index is 12.8. The Kier molecular flexibility index (Phi) is 7.52. The molecule has 0 spiro atoms. The van der Waals surface area contributed by atoms with E-state index in [2.05, 4.69) is 16.3 Å². The summed E-state index contributed by atoms with van der Waals surface area (Å²) in [6.07, 6.45) is 0. The van der Waals surface area contributed by atoms with Crippen LogP contribution in [-0.4, -0.2) is 44.7 Å². The van der Waals surface area contributed by atoms with Crippen molar-refractivity contribution in [2.75, 3.05) is 43.0 Å².